The van der Waals surface area contributed by atoms with Crippen LogP contribution in [0.25, 0.3) is 0 Å². The minimum absolute atomic E-state index is 0.186. The second kappa shape index (κ2) is 7.65. The summed E-state index contributed by atoms with van der Waals surface area (Å²) in [4.78, 5) is 22.8. The molecule has 1 rings (SSSR count). The Labute approximate surface area is 118 Å². The number of nitrogens with one attached hydrogen (secondary N) is 1. The van der Waals surface area contributed by atoms with Crippen LogP contribution in [0, 0.1) is 11.8 Å². The van der Waals surface area contributed by atoms with Gasteiger partial charge in [-0.25, -0.2) is 0 Å². The van der Waals surface area contributed by atoms with Gasteiger partial charge in [-0.05, 0) is 12.0 Å². The standard InChI is InChI=1S/C15H21NO4/c1-10(11(2)15(19)20)14(18)16-13(9-17)8-12-6-4-3-5-7-12/h3-7,10-11,13,17H,8-9H2,1-2H3,(H,16,18)(H,19,20)/t10?,11?,13-/m1/s1. The fourth-order valence-corrected chi connectivity index (χ4v) is 1.83. The van der Waals surface area contributed by atoms with Gasteiger partial charge in [0.05, 0.1) is 18.6 Å². The molecule has 0 aliphatic rings. The maximum absolute atomic E-state index is 12.0. The third kappa shape index (κ3) is 4.66. The largest absolute Gasteiger partial charge is 0.481 e. The zero-order chi connectivity index (χ0) is 15.1. The fraction of sp³-hybridized carbons (Fsp3) is 0.467. The Balaban J connectivity index is 2.60. The van der Waals surface area contributed by atoms with Crippen LogP contribution in [-0.2, 0) is 16.0 Å². The van der Waals surface area contributed by atoms with Gasteiger partial charge < -0.3 is 15.5 Å². The van der Waals surface area contributed by atoms with E-state index in [2.05, 4.69) is 5.32 Å². The number of hydrogen-bond donors (Lipinski definition) is 3. The summed E-state index contributed by atoms with van der Waals surface area (Å²) >= 11 is 0. The molecule has 0 aliphatic heterocycles. The Kier molecular flexibility index (Phi) is 6.18. The molecule has 0 saturated heterocycles. The highest BCUT2D eigenvalue weighted by atomic mass is 16.4. The Bertz CT molecular complexity index is 446. The summed E-state index contributed by atoms with van der Waals surface area (Å²) in [6.45, 7) is 2.89. The molecule has 0 aliphatic carbocycles. The minimum Gasteiger partial charge on any atom is -0.481 e. The van der Waals surface area contributed by atoms with Gasteiger partial charge in [0.1, 0.15) is 0 Å². The van der Waals surface area contributed by atoms with Crippen molar-refractivity contribution < 1.29 is 19.8 Å². The first-order chi connectivity index (χ1) is 9.45. The van der Waals surface area contributed by atoms with Gasteiger partial charge >= 0.3 is 5.97 Å². The molecule has 5 heteroatoms. The summed E-state index contributed by atoms with van der Waals surface area (Å²) in [7, 11) is 0. The molecule has 0 fully saturated rings. The summed E-state index contributed by atoms with van der Waals surface area (Å²) in [6, 6.07) is 9.10. The summed E-state index contributed by atoms with van der Waals surface area (Å²) in [5.41, 5.74) is 1.01. The Morgan fingerprint density at radius 2 is 1.75 bits per heavy atom. The van der Waals surface area contributed by atoms with Crippen molar-refractivity contribution >= 4 is 11.9 Å². The van der Waals surface area contributed by atoms with E-state index < -0.39 is 23.8 Å². The molecular weight excluding hydrogens is 258 g/mol. The van der Waals surface area contributed by atoms with Crippen LogP contribution in [0.3, 0.4) is 0 Å². The molecule has 3 atom stereocenters. The van der Waals surface area contributed by atoms with E-state index in [1.54, 1.807) is 6.92 Å². The summed E-state index contributed by atoms with van der Waals surface area (Å²) in [6.07, 6.45) is 0.511. The number of rotatable bonds is 7. The van der Waals surface area contributed by atoms with Crippen molar-refractivity contribution in [3.8, 4) is 0 Å². The van der Waals surface area contributed by atoms with Crippen LogP contribution in [-0.4, -0.2) is 34.7 Å². The zero-order valence-corrected chi connectivity index (χ0v) is 11.7. The molecule has 1 aromatic rings. The number of benzene rings is 1. The number of amides is 1. The van der Waals surface area contributed by atoms with E-state index in [4.69, 9.17) is 5.11 Å². The highest BCUT2D eigenvalue weighted by Crippen LogP contribution is 2.12. The first-order valence-corrected chi connectivity index (χ1v) is 6.63. The van der Waals surface area contributed by atoms with Gasteiger partial charge in [0.25, 0.3) is 0 Å². The molecule has 0 spiro atoms. The molecular formula is C15H21NO4. The summed E-state index contributed by atoms with van der Waals surface area (Å²) < 4.78 is 0. The Morgan fingerprint density at radius 3 is 2.25 bits per heavy atom. The van der Waals surface area contributed by atoms with E-state index in [0.717, 1.165) is 5.56 Å². The zero-order valence-electron chi connectivity index (χ0n) is 11.7. The summed E-state index contributed by atoms with van der Waals surface area (Å²) in [5, 5.41) is 20.9. The van der Waals surface area contributed by atoms with Gasteiger partial charge in [0.15, 0.2) is 0 Å². The van der Waals surface area contributed by atoms with Crippen LogP contribution in [0.5, 0.6) is 0 Å². The molecule has 0 heterocycles. The fourth-order valence-electron chi connectivity index (χ4n) is 1.83. The lowest BCUT2D eigenvalue weighted by Crippen LogP contribution is -2.44. The van der Waals surface area contributed by atoms with Crippen LogP contribution in [0.4, 0.5) is 0 Å². The molecule has 0 saturated carbocycles. The Hall–Kier alpha value is -1.88. The highest BCUT2D eigenvalue weighted by Gasteiger charge is 2.27. The number of carboxylic acids is 1. The maximum atomic E-state index is 12.0. The van der Waals surface area contributed by atoms with Crippen molar-refractivity contribution in [1.29, 1.82) is 0 Å². The second-order valence-corrected chi connectivity index (χ2v) is 4.99. The topological polar surface area (TPSA) is 86.6 Å². The van der Waals surface area contributed by atoms with Crippen molar-refractivity contribution in [3.63, 3.8) is 0 Å². The SMILES string of the molecule is CC(C(=O)O)C(C)C(=O)N[C@@H](CO)Cc1ccccc1. The average Bonchev–Trinajstić information content (AvgIpc) is 2.45. The predicted molar refractivity (Wildman–Crippen MR) is 75.1 cm³/mol. The van der Waals surface area contributed by atoms with Crippen molar-refractivity contribution in [1.82, 2.24) is 5.32 Å². The normalized spacial score (nSPS) is 15.2. The first kappa shape index (κ1) is 16.2. The van der Waals surface area contributed by atoms with Gasteiger partial charge in [0.2, 0.25) is 5.91 Å². The average molecular weight is 279 g/mol. The van der Waals surface area contributed by atoms with E-state index in [9.17, 15) is 14.7 Å². The van der Waals surface area contributed by atoms with E-state index in [-0.39, 0.29) is 12.5 Å². The van der Waals surface area contributed by atoms with Crippen molar-refractivity contribution in [2.24, 2.45) is 11.8 Å². The van der Waals surface area contributed by atoms with Crippen molar-refractivity contribution in [3.05, 3.63) is 35.9 Å². The number of hydrogen-bond acceptors (Lipinski definition) is 3. The number of aliphatic hydroxyl groups is 1. The first-order valence-electron chi connectivity index (χ1n) is 6.63. The van der Waals surface area contributed by atoms with Crippen molar-refractivity contribution in [2.75, 3.05) is 6.61 Å². The number of aliphatic carboxylic acids is 1. The number of carbonyl (C=O) groups is 2. The molecule has 0 aromatic heterocycles. The molecule has 3 N–H and O–H groups in total. The van der Waals surface area contributed by atoms with E-state index in [1.165, 1.54) is 6.92 Å². The van der Waals surface area contributed by atoms with Crippen LogP contribution >= 0.6 is 0 Å². The lowest BCUT2D eigenvalue weighted by molar-refractivity contribution is -0.146. The van der Waals surface area contributed by atoms with Gasteiger partial charge in [0, 0.05) is 5.92 Å². The van der Waals surface area contributed by atoms with Gasteiger partial charge in [-0.3, -0.25) is 9.59 Å². The quantitative estimate of drug-likeness (QED) is 0.696. The van der Waals surface area contributed by atoms with Crippen LogP contribution < -0.4 is 5.32 Å². The second-order valence-electron chi connectivity index (χ2n) is 4.99. The smallest absolute Gasteiger partial charge is 0.307 e. The number of carbonyl (C=O) groups excluding carboxylic acids is 1. The summed E-state index contributed by atoms with van der Waals surface area (Å²) in [5.74, 6) is -2.76. The monoisotopic (exact) mass is 279 g/mol. The van der Waals surface area contributed by atoms with E-state index >= 15 is 0 Å². The van der Waals surface area contributed by atoms with Gasteiger partial charge in [-0.2, -0.15) is 0 Å². The molecule has 1 aromatic carbocycles. The maximum Gasteiger partial charge on any atom is 0.307 e. The molecule has 0 radical (unpaired) electrons. The van der Waals surface area contributed by atoms with Crippen LogP contribution in [0.1, 0.15) is 19.4 Å². The number of aliphatic hydroxyl groups excluding tert-OH is 1. The highest BCUT2D eigenvalue weighted by molar-refractivity contribution is 5.84. The van der Waals surface area contributed by atoms with Gasteiger partial charge in [-0.15, -0.1) is 0 Å². The molecule has 1 amide bonds. The predicted octanol–water partition coefficient (Wildman–Crippen LogP) is 1.06. The van der Waals surface area contributed by atoms with Crippen LogP contribution in [0.15, 0.2) is 30.3 Å². The molecule has 110 valence electrons. The third-order valence-corrected chi connectivity index (χ3v) is 3.44. The molecule has 5 nitrogen and oxygen atoms in total. The van der Waals surface area contributed by atoms with E-state index in [0.29, 0.717) is 6.42 Å². The molecule has 0 bridgehead atoms. The Morgan fingerprint density at radius 1 is 1.15 bits per heavy atom. The van der Waals surface area contributed by atoms with E-state index in [1.807, 2.05) is 30.3 Å². The van der Waals surface area contributed by atoms with Crippen molar-refractivity contribution in [2.45, 2.75) is 26.3 Å². The minimum atomic E-state index is -1.00. The number of carboxylic acid groups (broad SMARTS) is 1. The lowest BCUT2D eigenvalue weighted by atomic mass is 9.94. The lowest BCUT2D eigenvalue weighted by Gasteiger charge is -2.21. The third-order valence-electron chi connectivity index (χ3n) is 3.44. The van der Waals surface area contributed by atoms with Crippen LogP contribution in [0.2, 0.25) is 0 Å². The molecule has 2 unspecified atom stereocenters. The van der Waals surface area contributed by atoms with Gasteiger partial charge in [-0.1, -0.05) is 44.2 Å². The molecule has 20 heavy (non-hydrogen) atoms.